The van der Waals surface area contributed by atoms with Crippen molar-refractivity contribution in [3.05, 3.63) is 18.2 Å². The Bertz CT molecular complexity index is 1420. The van der Waals surface area contributed by atoms with Crippen LogP contribution in [0.3, 0.4) is 0 Å². The summed E-state index contributed by atoms with van der Waals surface area (Å²) in [6, 6.07) is -2.87. The largest absolute Gasteiger partial charge is 0.542 e. The quantitative estimate of drug-likeness (QED) is 0.0219. The minimum Gasteiger partial charge on any atom is -0.542 e. The van der Waals surface area contributed by atoms with E-state index in [0.29, 0.717) is 19.3 Å². The number of carbonyl (C=O) groups is 4. The van der Waals surface area contributed by atoms with Crippen molar-refractivity contribution in [3.8, 4) is 0 Å². The molecule has 3 atom stereocenters. The molecule has 0 aliphatic rings. The number of carboxylic acid groups (broad SMARTS) is 1. The number of hydrogen-bond acceptors (Lipinski definition) is 8. The number of nitrogens with two attached hydrogens (primary N) is 6. The van der Waals surface area contributed by atoms with E-state index in [1.807, 2.05) is 0 Å². The topological polar surface area (TPSA) is 305 Å². The van der Waals surface area contributed by atoms with Crippen LogP contribution in [-0.4, -0.2) is 77.6 Å². The number of aliphatic imine (C=N–C) groups is 2. The summed E-state index contributed by atoms with van der Waals surface area (Å²) < 4.78 is 36.0. The third-order valence-electron chi connectivity index (χ3n) is 9.67. The van der Waals surface area contributed by atoms with Gasteiger partial charge in [-0.1, -0.05) is 90.9 Å². The number of carbonyl (C=O) groups excluding carboxylic acids is 4. The maximum atomic E-state index is 13.5. The molecule has 0 fully saturated rings. The second kappa shape index (κ2) is 33.1. The highest BCUT2D eigenvalue weighted by atomic mass is 19.4. The molecule has 0 aromatic carbocycles. The number of hydrogen-bond donors (Lipinski definition) is 8. The minimum absolute atomic E-state index is 0.0664. The molecule has 346 valence electrons. The highest BCUT2D eigenvalue weighted by molar-refractivity contribution is 5.92. The molecule has 20 heteroatoms. The molecule has 1 aromatic rings. The number of carboxylic acids is 1. The van der Waals surface area contributed by atoms with E-state index in [1.54, 1.807) is 0 Å². The minimum atomic E-state index is -5.19. The van der Waals surface area contributed by atoms with Gasteiger partial charge in [-0.15, -0.1) is 0 Å². The first kappa shape index (κ1) is 55.4. The molecule has 0 aliphatic carbocycles. The Balaban J connectivity index is 0.00000453. The molecular weight excluding hydrogens is 786 g/mol. The van der Waals surface area contributed by atoms with Crippen LogP contribution in [0.4, 0.5) is 13.2 Å². The van der Waals surface area contributed by atoms with E-state index in [4.69, 9.17) is 44.3 Å². The summed E-state index contributed by atoms with van der Waals surface area (Å²) in [7, 11) is 0. The molecule has 1 rings (SSSR count). The fourth-order valence-electron chi connectivity index (χ4n) is 6.32. The average molecular weight is 861 g/mol. The van der Waals surface area contributed by atoms with E-state index >= 15 is 0 Å². The number of halogens is 3. The molecule has 17 nitrogen and oxygen atoms in total. The number of aryl methyl sites for hydroxylation is 2. The second-order valence-corrected chi connectivity index (χ2v) is 15.1. The normalized spacial score (nSPS) is 12.6. The van der Waals surface area contributed by atoms with Crippen LogP contribution in [0, 0.1) is 0 Å². The fraction of sp³-hybridized carbons (Fsp3) is 0.775. The lowest BCUT2D eigenvalue weighted by Crippen LogP contribution is -2.55. The lowest BCUT2D eigenvalue weighted by atomic mass is 10.1. The van der Waals surface area contributed by atoms with E-state index in [-0.39, 0.29) is 37.9 Å². The summed E-state index contributed by atoms with van der Waals surface area (Å²) in [5.74, 6) is -4.87. The second-order valence-electron chi connectivity index (χ2n) is 15.1. The average Bonchev–Trinajstić information content (AvgIpc) is 3.55. The van der Waals surface area contributed by atoms with Crippen molar-refractivity contribution in [2.75, 3.05) is 13.1 Å². The Hall–Kier alpha value is -4.62. The van der Waals surface area contributed by atoms with E-state index < -0.39 is 48.0 Å². The van der Waals surface area contributed by atoms with Crippen LogP contribution in [0.2, 0.25) is 0 Å². The van der Waals surface area contributed by atoms with Crippen molar-refractivity contribution >= 4 is 35.6 Å². The van der Waals surface area contributed by atoms with Gasteiger partial charge in [0.15, 0.2) is 11.9 Å². The van der Waals surface area contributed by atoms with Crippen molar-refractivity contribution in [2.45, 2.75) is 186 Å². The lowest BCUT2D eigenvalue weighted by molar-refractivity contribution is -0.697. The summed E-state index contributed by atoms with van der Waals surface area (Å²) in [6.45, 7) is 6.79. The van der Waals surface area contributed by atoms with Gasteiger partial charge in [0.05, 0.1) is 19.1 Å². The van der Waals surface area contributed by atoms with Gasteiger partial charge in [0.25, 0.3) is 0 Å². The number of aromatic nitrogens is 2. The molecule has 14 N–H and O–H groups in total. The Labute approximate surface area is 354 Å². The first-order valence-electron chi connectivity index (χ1n) is 21.5. The molecule has 0 radical (unpaired) electrons. The molecule has 1 aromatic heterocycles. The zero-order chi connectivity index (χ0) is 45.3. The van der Waals surface area contributed by atoms with E-state index in [1.165, 1.54) is 83.5 Å². The number of rotatable bonds is 33. The van der Waals surface area contributed by atoms with Gasteiger partial charge in [-0.3, -0.25) is 24.4 Å². The van der Waals surface area contributed by atoms with Gasteiger partial charge in [0.2, 0.25) is 24.0 Å². The van der Waals surface area contributed by atoms with Crippen molar-refractivity contribution in [2.24, 2.45) is 44.4 Å². The van der Waals surface area contributed by atoms with Gasteiger partial charge in [0.1, 0.15) is 29.9 Å². The zero-order valence-electron chi connectivity index (χ0n) is 36.0. The number of guanidine groups is 2. The van der Waals surface area contributed by atoms with Crippen molar-refractivity contribution < 1.29 is 42.0 Å². The molecule has 0 bridgehead atoms. The maximum absolute atomic E-state index is 13.5. The predicted octanol–water partition coefficient (Wildman–Crippen LogP) is 1.79. The summed E-state index contributed by atoms with van der Waals surface area (Å²) in [6.07, 6.45) is 20.5. The van der Waals surface area contributed by atoms with Crippen molar-refractivity contribution in [3.63, 3.8) is 0 Å². The third kappa shape index (κ3) is 28.7. The van der Waals surface area contributed by atoms with Gasteiger partial charge in [-0.25, -0.2) is 9.13 Å². The number of unbranched alkanes of at least 4 members (excludes halogenated alkanes) is 14. The van der Waals surface area contributed by atoms with Crippen LogP contribution in [0.15, 0.2) is 22.5 Å². The van der Waals surface area contributed by atoms with Gasteiger partial charge in [0, 0.05) is 19.5 Å². The summed E-state index contributed by atoms with van der Waals surface area (Å²) in [4.78, 5) is 55.8. The molecule has 0 saturated heterocycles. The monoisotopic (exact) mass is 861 g/mol. The van der Waals surface area contributed by atoms with Gasteiger partial charge >= 0.3 is 6.18 Å². The van der Waals surface area contributed by atoms with Crippen LogP contribution in [0.1, 0.15) is 148 Å². The standard InChI is InChI=1S/C38H74N12O3.C2HF3O2/c1-3-5-7-9-11-13-15-17-25-49-28-30(50(29-49)26-18-16-14-12-10-8-6-4-2)27-31(39)35(52)48-33(22-20-24-46-38(43)44)36(53)47-32(34(40)51)21-19-23-45-37(41)42;3-2(4,5)1(6)7/h28-29,31-33H,3-27,39H2,1-2H3,(H11-,40,41,42,43,44,45,46,47,48,51,52,53);(H,6,7)/t31-,32-,33-;/m0./s1. The number of alkyl halides is 3. The van der Waals surface area contributed by atoms with Gasteiger partial charge < -0.3 is 54.9 Å². The molecule has 0 spiro atoms. The highest BCUT2D eigenvalue weighted by Gasteiger charge is 2.29. The Morgan fingerprint density at radius 2 is 1.13 bits per heavy atom. The smallest absolute Gasteiger partial charge is 0.430 e. The van der Waals surface area contributed by atoms with Crippen molar-refractivity contribution in [1.82, 2.24) is 15.2 Å². The maximum Gasteiger partial charge on any atom is 0.430 e. The molecule has 3 amide bonds. The molecule has 60 heavy (non-hydrogen) atoms. The van der Waals surface area contributed by atoms with Crippen LogP contribution in [-0.2, 0) is 38.7 Å². The first-order valence-corrected chi connectivity index (χ1v) is 21.5. The number of amides is 3. The van der Waals surface area contributed by atoms with Crippen LogP contribution >= 0.6 is 0 Å². The third-order valence-corrected chi connectivity index (χ3v) is 9.67. The fourth-order valence-corrected chi connectivity index (χ4v) is 6.32. The van der Waals surface area contributed by atoms with Crippen molar-refractivity contribution in [1.29, 1.82) is 0 Å². The molecule has 1 heterocycles. The SMILES string of the molecule is CCCCCCCCCCn1c[n+](CCCCCCCCCC)cc1C[C@H](N)C(=O)N[C@@H](CCCN=C(N)N)C(=O)N[C@@H](CCCN=C(N)N)C(N)=O.O=C([O-])C(F)(F)F. The predicted molar refractivity (Wildman–Crippen MR) is 225 cm³/mol. The number of imidazole rings is 1. The number of nitrogens with one attached hydrogen (secondary N) is 2. The Morgan fingerprint density at radius 1 is 0.700 bits per heavy atom. The van der Waals surface area contributed by atoms with Crippen LogP contribution in [0.5, 0.6) is 0 Å². The molecule has 0 aliphatic heterocycles. The lowest BCUT2D eigenvalue weighted by Gasteiger charge is -2.23. The molecule has 0 unspecified atom stereocenters. The van der Waals surface area contributed by atoms with Crippen LogP contribution in [0.25, 0.3) is 0 Å². The van der Waals surface area contributed by atoms with E-state index in [0.717, 1.165) is 38.0 Å². The number of aliphatic carboxylic acids is 1. The molecular formula is C40H75F3N12O5. The number of primary amides is 1. The number of nitrogens with zero attached hydrogens (tertiary/aromatic N) is 4. The van der Waals surface area contributed by atoms with Gasteiger partial charge in [-0.2, -0.15) is 13.2 Å². The Kier molecular flexibility index (Phi) is 30.6. The first-order chi connectivity index (χ1) is 28.4. The summed E-state index contributed by atoms with van der Waals surface area (Å²) >= 11 is 0. The van der Waals surface area contributed by atoms with Crippen LogP contribution < -0.4 is 54.7 Å². The van der Waals surface area contributed by atoms with E-state index in [9.17, 15) is 27.6 Å². The summed E-state index contributed by atoms with van der Waals surface area (Å²) in [5.41, 5.74) is 34.8. The molecule has 0 saturated carbocycles. The summed E-state index contributed by atoms with van der Waals surface area (Å²) in [5, 5.41) is 14.3. The Morgan fingerprint density at radius 3 is 1.58 bits per heavy atom. The highest BCUT2D eigenvalue weighted by Crippen LogP contribution is 2.13. The van der Waals surface area contributed by atoms with E-state index in [2.05, 4.69) is 56.1 Å². The van der Waals surface area contributed by atoms with Gasteiger partial charge in [-0.05, 0) is 51.4 Å². The zero-order valence-corrected chi connectivity index (χ0v) is 36.0.